The zero-order valence-corrected chi connectivity index (χ0v) is 15.6. The van der Waals surface area contributed by atoms with E-state index in [9.17, 15) is 14.4 Å². The molecule has 122 valence electrons. The van der Waals surface area contributed by atoms with E-state index in [0.29, 0.717) is 4.80 Å². The highest BCUT2D eigenvalue weighted by Gasteiger charge is 2.12. The molecule has 1 amide bonds. The van der Waals surface area contributed by atoms with Crippen LogP contribution in [0.4, 0.5) is 0 Å². The average molecular weight is 417 g/mol. The molecule has 9 heteroatoms. The van der Waals surface area contributed by atoms with Crippen molar-refractivity contribution in [3.8, 4) is 0 Å². The van der Waals surface area contributed by atoms with E-state index in [1.807, 2.05) is 18.2 Å². The van der Waals surface area contributed by atoms with Crippen LogP contribution in [-0.4, -0.2) is 34.4 Å². The Labute approximate surface area is 148 Å². The van der Waals surface area contributed by atoms with Gasteiger partial charge in [0.1, 0.15) is 6.54 Å². The molecule has 0 N–H and O–H groups in total. The van der Waals surface area contributed by atoms with Crippen molar-refractivity contribution in [3.63, 3.8) is 0 Å². The molecule has 0 spiro atoms. The maximum absolute atomic E-state index is 11.9. The molecule has 2 aromatic rings. The van der Waals surface area contributed by atoms with E-state index in [-0.39, 0.29) is 17.4 Å². The van der Waals surface area contributed by atoms with E-state index in [0.717, 1.165) is 26.5 Å². The Morgan fingerprint density at radius 2 is 2.13 bits per heavy atom. The largest absolute Gasteiger partial charge is 0.468 e. The Kier molecular flexibility index (Phi) is 6.14. The van der Waals surface area contributed by atoms with Crippen molar-refractivity contribution in [1.29, 1.82) is 0 Å². The Morgan fingerprint density at radius 1 is 1.39 bits per heavy atom. The molecule has 0 radical (unpaired) electrons. The quantitative estimate of drug-likeness (QED) is 0.714. The lowest BCUT2D eigenvalue weighted by molar-refractivity contribution is -0.141. The van der Waals surface area contributed by atoms with Crippen molar-refractivity contribution in [2.45, 2.75) is 13.5 Å². The van der Waals surface area contributed by atoms with Gasteiger partial charge in [0.15, 0.2) is 9.92 Å². The molecule has 0 atom stereocenters. The van der Waals surface area contributed by atoms with Crippen LogP contribution in [0.1, 0.15) is 6.92 Å². The summed E-state index contributed by atoms with van der Waals surface area (Å²) in [4.78, 5) is 38.9. The van der Waals surface area contributed by atoms with Crippen molar-refractivity contribution >= 4 is 66.2 Å². The second kappa shape index (κ2) is 7.89. The fraction of sp³-hybridized carbons (Fsp3) is 0.286. The minimum absolute atomic E-state index is 0.0223. The number of carbonyl (C=O) groups excluding carboxylic acids is 3. The summed E-state index contributed by atoms with van der Waals surface area (Å²) >= 11 is 5.59. The van der Waals surface area contributed by atoms with E-state index in [1.165, 1.54) is 25.4 Å². The normalized spacial score (nSPS) is 11.7. The molecule has 0 bridgehead atoms. The fourth-order valence-electron chi connectivity index (χ4n) is 1.78. The van der Waals surface area contributed by atoms with Gasteiger partial charge in [0.05, 0.1) is 23.1 Å². The van der Waals surface area contributed by atoms with E-state index in [1.54, 1.807) is 4.57 Å². The van der Waals surface area contributed by atoms with Crippen LogP contribution in [0.3, 0.4) is 0 Å². The number of nitrogens with zero attached hydrogens (tertiary/aromatic N) is 2. The van der Waals surface area contributed by atoms with Crippen LogP contribution in [0.15, 0.2) is 27.7 Å². The number of hydrogen-bond donors (Lipinski definition) is 0. The lowest BCUT2D eigenvalue weighted by Gasteiger charge is -2.03. The van der Waals surface area contributed by atoms with Gasteiger partial charge in [-0.15, -0.1) is 0 Å². The minimum Gasteiger partial charge on any atom is -0.468 e. The molecule has 0 aliphatic carbocycles. The van der Waals surface area contributed by atoms with Crippen LogP contribution in [0.2, 0.25) is 0 Å². The van der Waals surface area contributed by atoms with Gasteiger partial charge in [-0.2, -0.15) is 4.99 Å². The van der Waals surface area contributed by atoms with Gasteiger partial charge in [-0.05, 0) is 18.2 Å². The zero-order chi connectivity index (χ0) is 17.0. The molecule has 0 fully saturated rings. The second-order valence-corrected chi connectivity index (χ2v) is 7.52. The summed E-state index contributed by atoms with van der Waals surface area (Å²) in [6.07, 6.45) is 0. The molecule has 1 aromatic carbocycles. The number of ether oxygens (including phenoxy) is 1. The number of aromatic nitrogens is 1. The summed E-state index contributed by atoms with van der Waals surface area (Å²) in [6.45, 7) is 1.36. The lowest BCUT2D eigenvalue weighted by atomic mass is 10.3. The highest BCUT2D eigenvalue weighted by Crippen LogP contribution is 2.22. The van der Waals surface area contributed by atoms with Gasteiger partial charge in [-0.1, -0.05) is 39.0 Å². The van der Waals surface area contributed by atoms with Gasteiger partial charge in [0.25, 0.3) is 5.91 Å². The lowest BCUT2D eigenvalue weighted by Crippen LogP contribution is -2.22. The molecule has 0 unspecified atom stereocenters. The second-order valence-electron chi connectivity index (χ2n) is 4.44. The minimum atomic E-state index is -0.431. The van der Waals surface area contributed by atoms with Crippen LogP contribution in [0, 0.1) is 0 Å². The van der Waals surface area contributed by atoms with Crippen LogP contribution < -0.4 is 4.80 Å². The SMILES string of the molecule is COC(=O)Cn1c(=NC(=O)CSC(C)=O)sc2cc(Br)ccc21. The number of rotatable bonds is 4. The van der Waals surface area contributed by atoms with Gasteiger partial charge in [-0.3, -0.25) is 14.4 Å². The molecule has 2 rings (SSSR count). The maximum Gasteiger partial charge on any atom is 0.325 e. The molecular formula is C14H13BrN2O4S2. The Balaban J connectivity index is 2.48. The number of carbonyl (C=O) groups is 3. The van der Waals surface area contributed by atoms with Crippen LogP contribution in [0.25, 0.3) is 10.2 Å². The van der Waals surface area contributed by atoms with Crippen molar-refractivity contribution < 1.29 is 19.1 Å². The first-order valence-corrected chi connectivity index (χ1v) is 9.07. The van der Waals surface area contributed by atoms with E-state index in [2.05, 4.69) is 20.9 Å². The number of thiazole rings is 1. The van der Waals surface area contributed by atoms with Gasteiger partial charge < -0.3 is 9.30 Å². The smallest absolute Gasteiger partial charge is 0.325 e. The number of esters is 1. The van der Waals surface area contributed by atoms with E-state index >= 15 is 0 Å². The summed E-state index contributed by atoms with van der Waals surface area (Å²) in [5.41, 5.74) is 0.786. The molecular weight excluding hydrogens is 404 g/mol. The number of amides is 1. The van der Waals surface area contributed by atoms with Crippen molar-refractivity contribution in [1.82, 2.24) is 4.57 Å². The van der Waals surface area contributed by atoms with Crippen LogP contribution in [0.5, 0.6) is 0 Å². The molecule has 0 aliphatic rings. The zero-order valence-electron chi connectivity index (χ0n) is 12.4. The first-order valence-electron chi connectivity index (χ1n) is 6.47. The number of benzene rings is 1. The Bertz CT molecular complexity index is 841. The van der Waals surface area contributed by atoms with Crippen LogP contribution >= 0.6 is 39.0 Å². The number of thioether (sulfide) groups is 1. The predicted octanol–water partition coefficient (Wildman–Crippen LogP) is 2.35. The maximum atomic E-state index is 11.9. The van der Waals surface area contributed by atoms with Crippen molar-refractivity contribution in [2.75, 3.05) is 12.9 Å². The first-order chi connectivity index (χ1) is 10.9. The Morgan fingerprint density at radius 3 is 2.78 bits per heavy atom. The highest BCUT2D eigenvalue weighted by atomic mass is 79.9. The molecule has 23 heavy (non-hydrogen) atoms. The molecule has 6 nitrogen and oxygen atoms in total. The summed E-state index contributed by atoms with van der Waals surface area (Å²) in [5.74, 6) is -0.875. The number of methoxy groups -OCH3 is 1. The summed E-state index contributed by atoms with van der Waals surface area (Å²) < 4.78 is 8.10. The monoisotopic (exact) mass is 416 g/mol. The number of halogens is 1. The third-order valence-electron chi connectivity index (χ3n) is 2.78. The molecule has 0 saturated carbocycles. The summed E-state index contributed by atoms with van der Waals surface area (Å²) in [7, 11) is 1.31. The number of hydrogen-bond acceptors (Lipinski definition) is 6. The molecule has 0 saturated heterocycles. The van der Waals surface area contributed by atoms with E-state index in [4.69, 9.17) is 4.74 Å². The van der Waals surface area contributed by atoms with Gasteiger partial charge >= 0.3 is 5.97 Å². The fourth-order valence-corrected chi connectivity index (χ4v) is 3.77. The van der Waals surface area contributed by atoms with Crippen molar-refractivity contribution in [2.24, 2.45) is 4.99 Å². The highest BCUT2D eigenvalue weighted by molar-refractivity contribution is 9.10. The van der Waals surface area contributed by atoms with Gasteiger partial charge in [0.2, 0.25) is 0 Å². The van der Waals surface area contributed by atoms with Crippen LogP contribution in [-0.2, 0) is 25.7 Å². The third kappa shape index (κ3) is 4.76. The molecule has 1 aromatic heterocycles. The summed E-state index contributed by atoms with van der Waals surface area (Å²) in [5, 5.41) is -0.142. The molecule has 1 heterocycles. The third-order valence-corrected chi connectivity index (χ3v) is 5.11. The van der Waals surface area contributed by atoms with Gasteiger partial charge in [0, 0.05) is 11.4 Å². The van der Waals surface area contributed by atoms with Gasteiger partial charge in [-0.25, -0.2) is 0 Å². The topological polar surface area (TPSA) is 77.7 Å². The first kappa shape index (κ1) is 17.9. The standard InChI is InChI=1S/C14H13BrN2O4S2/c1-8(18)22-7-12(19)16-14-17(6-13(20)21-2)10-4-3-9(15)5-11(10)23-14/h3-5H,6-7H2,1-2H3. The summed E-state index contributed by atoms with van der Waals surface area (Å²) in [6, 6.07) is 5.58. The average Bonchev–Trinajstić information content (AvgIpc) is 2.81. The van der Waals surface area contributed by atoms with E-state index < -0.39 is 11.9 Å². The molecule has 0 aliphatic heterocycles. The predicted molar refractivity (Wildman–Crippen MR) is 93.2 cm³/mol. The number of fused-ring (bicyclic) bond motifs is 1. The van der Waals surface area contributed by atoms with Crippen molar-refractivity contribution in [3.05, 3.63) is 27.5 Å². The Hall–Kier alpha value is -1.45.